The van der Waals surface area contributed by atoms with E-state index in [2.05, 4.69) is 33.8 Å². The predicted molar refractivity (Wildman–Crippen MR) is 164 cm³/mol. The van der Waals surface area contributed by atoms with Crippen molar-refractivity contribution in [2.75, 3.05) is 0 Å². The summed E-state index contributed by atoms with van der Waals surface area (Å²) in [7, 11) is 0. The topological polar surface area (TPSA) is 181 Å². The number of hydrogen-bond acceptors (Lipinski definition) is 5. The molecular weight excluding hydrogens is 564 g/mol. The highest BCUT2D eigenvalue weighted by Crippen LogP contribution is 2.31. The quantitative estimate of drug-likeness (QED) is 0.198. The summed E-state index contributed by atoms with van der Waals surface area (Å²) in [5, 5.41) is 24.4. The molecule has 0 saturated heterocycles. The molecule has 2 aliphatic heterocycles. The fourth-order valence-corrected chi connectivity index (χ4v) is 5.46. The predicted octanol–water partition coefficient (Wildman–Crippen LogP) is 4.17. The summed E-state index contributed by atoms with van der Waals surface area (Å²) in [6, 6.07) is 0. The summed E-state index contributed by atoms with van der Waals surface area (Å²) in [6.07, 6.45) is 6.04. The molecule has 0 unspecified atom stereocenters. The van der Waals surface area contributed by atoms with Gasteiger partial charge in [0, 0.05) is 46.6 Å². The van der Waals surface area contributed by atoms with E-state index < -0.39 is 17.7 Å². The molecule has 11 heteroatoms. The van der Waals surface area contributed by atoms with Gasteiger partial charge in [-0.15, -0.1) is 0 Å². The Balaban J connectivity index is 1.87. The zero-order valence-electron chi connectivity index (χ0n) is 25.0. The Kier molecular flexibility index (Phi) is 8.89. The van der Waals surface area contributed by atoms with E-state index in [-0.39, 0.29) is 48.9 Å². The van der Waals surface area contributed by atoms with Gasteiger partial charge in [-0.25, -0.2) is 0 Å². The lowest BCUT2D eigenvalue weighted by Crippen LogP contribution is -2.15. The molecule has 0 fully saturated rings. The second-order valence-electron chi connectivity index (χ2n) is 10.7. The van der Waals surface area contributed by atoms with Crippen LogP contribution in [0.4, 0.5) is 0 Å². The summed E-state index contributed by atoms with van der Waals surface area (Å²) in [6.45, 7) is 14.4. The zero-order chi connectivity index (χ0) is 32.5. The van der Waals surface area contributed by atoms with Crippen molar-refractivity contribution in [3.63, 3.8) is 0 Å². The number of carbonyl (C=O) groups is 5. The van der Waals surface area contributed by atoms with Crippen molar-refractivity contribution in [2.24, 2.45) is 0 Å². The monoisotopic (exact) mass is 598 g/mol. The van der Waals surface area contributed by atoms with Crippen LogP contribution in [0.5, 0.6) is 0 Å². The van der Waals surface area contributed by atoms with Gasteiger partial charge in [0.2, 0.25) is 5.78 Å². The third-order valence-electron chi connectivity index (χ3n) is 8.04. The average Bonchev–Trinajstić information content (AvgIpc) is 3.63. The number of hydrogen-bond donors (Lipinski definition) is 6. The number of carbonyl (C=O) groups excluding carboxylic acids is 3. The SMILES string of the molecule is C=CC1=C(C)/C(=C/c2[nH]c(C(=O)c3[nH]c(/C=C4\NC(=O)C(C)=C4C=C)c(C)c3CCC(=O)O)c(CCC(=O)O)c2C)NC1=O. The first-order valence-electron chi connectivity index (χ1n) is 13.9. The summed E-state index contributed by atoms with van der Waals surface area (Å²) in [4.78, 5) is 68.1. The van der Waals surface area contributed by atoms with Gasteiger partial charge < -0.3 is 30.8 Å². The standard InChI is InChI=1S/C33H34N4O7/c1-7-19-18(6)32(43)37-26(19)14-24-17(5)22(10-12-28(40)41)30(35-24)31(42)29-21(9-11-27(38)39)16(4)23(34-29)13-25-15(3)20(8-2)33(44)36-25/h7-8,13-14,34-35H,1-2,9-12H2,3-6H3,(H,36,44)(H,37,43)(H,38,39)(H,40,41)/b25-13-,26-14-. The number of aromatic nitrogens is 2. The van der Waals surface area contributed by atoms with Crippen molar-refractivity contribution in [1.82, 2.24) is 20.6 Å². The molecule has 0 bridgehead atoms. The zero-order valence-corrected chi connectivity index (χ0v) is 25.0. The van der Waals surface area contributed by atoms with Crippen molar-refractivity contribution in [2.45, 2.75) is 53.4 Å². The number of carboxylic acid groups (broad SMARTS) is 2. The smallest absolute Gasteiger partial charge is 0.303 e. The Morgan fingerprint density at radius 3 is 1.57 bits per heavy atom. The Bertz CT molecular complexity index is 1790. The fraction of sp³-hybridized carbons (Fsp3) is 0.242. The Hall–Kier alpha value is -5.45. The van der Waals surface area contributed by atoms with Crippen LogP contribution in [0, 0.1) is 13.8 Å². The average molecular weight is 599 g/mol. The van der Waals surface area contributed by atoms with E-state index in [1.165, 1.54) is 6.08 Å². The molecule has 0 radical (unpaired) electrons. The molecule has 228 valence electrons. The molecule has 4 heterocycles. The van der Waals surface area contributed by atoms with E-state index in [0.29, 0.717) is 67.3 Å². The van der Waals surface area contributed by atoms with Crippen molar-refractivity contribution < 1.29 is 34.2 Å². The molecule has 0 aliphatic carbocycles. The number of ketones is 1. The van der Waals surface area contributed by atoms with Gasteiger partial charge in [0.15, 0.2) is 0 Å². The normalized spacial score (nSPS) is 16.6. The molecule has 2 aromatic rings. The van der Waals surface area contributed by atoms with Crippen molar-refractivity contribution in [1.29, 1.82) is 0 Å². The van der Waals surface area contributed by atoms with Crippen LogP contribution in [0.2, 0.25) is 0 Å². The first-order valence-corrected chi connectivity index (χ1v) is 13.9. The lowest BCUT2D eigenvalue weighted by molar-refractivity contribution is -0.138. The summed E-state index contributed by atoms with van der Waals surface area (Å²) in [5.41, 5.74) is 6.78. The lowest BCUT2D eigenvalue weighted by Gasteiger charge is -2.06. The number of H-pyrrole nitrogens is 2. The van der Waals surface area contributed by atoms with E-state index in [1.54, 1.807) is 45.9 Å². The molecule has 2 amide bonds. The highest BCUT2D eigenvalue weighted by Gasteiger charge is 2.29. The highest BCUT2D eigenvalue weighted by molar-refractivity contribution is 6.10. The lowest BCUT2D eigenvalue weighted by atomic mass is 9.97. The third-order valence-corrected chi connectivity index (χ3v) is 8.04. The number of allylic oxidation sites excluding steroid dienone is 2. The van der Waals surface area contributed by atoms with Crippen LogP contribution in [0.25, 0.3) is 12.2 Å². The molecule has 2 aromatic heterocycles. The van der Waals surface area contributed by atoms with Gasteiger partial charge in [-0.3, -0.25) is 24.0 Å². The van der Waals surface area contributed by atoms with E-state index in [0.717, 1.165) is 0 Å². The molecule has 11 nitrogen and oxygen atoms in total. The van der Waals surface area contributed by atoms with Crippen LogP contribution >= 0.6 is 0 Å². The minimum atomic E-state index is -1.04. The molecule has 44 heavy (non-hydrogen) atoms. The van der Waals surface area contributed by atoms with Gasteiger partial charge >= 0.3 is 11.9 Å². The van der Waals surface area contributed by atoms with Crippen LogP contribution in [-0.4, -0.2) is 49.7 Å². The fourth-order valence-electron chi connectivity index (χ4n) is 5.46. The Labute approximate surface area is 253 Å². The number of rotatable bonds is 12. The van der Waals surface area contributed by atoms with E-state index in [1.807, 2.05) is 0 Å². The van der Waals surface area contributed by atoms with Crippen molar-refractivity contribution in [3.8, 4) is 0 Å². The van der Waals surface area contributed by atoms with Crippen LogP contribution in [0.1, 0.15) is 76.5 Å². The molecule has 0 aromatic carbocycles. The maximum Gasteiger partial charge on any atom is 0.303 e. The Morgan fingerprint density at radius 1 is 0.682 bits per heavy atom. The minimum absolute atomic E-state index is 0.0544. The van der Waals surface area contributed by atoms with Gasteiger partial charge in [-0.1, -0.05) is 25.3 Å². The summed E-state index contributed by atoms with van der Waals surface area (Å²) >= 11 is 0. The van der Waals surface area contributed by atoms with E-state index >= 15 is 0 Å². The van der Waals surface area contributed by atoms with Gasteiger partial charge in [-0.2, -0.15) is 0 Å². The summed E-state index contributed by atoms with van der Waals surface area (Å²) < 4.78 is 0. The number of aromatic amines is 2. The maximum absolute atomic E-state index is 14.2. The number of nitrogens with one attached hydrogen (secondary N) is 4. The molecule has 6 N–H and O–H groups in total. The number of amides is 2. The molecular formula is C33H34N4O7. The molecule has 0 saturated carbocycles. The molecule has 0 spiro atoms. The second-order valence-corrected chi connectivity index (χ2v) is 10.7. The summed E-state index contributed by atoms with van der Waals surface area (Å²) in [5.74, 6) is -3.12. The third kappa shape index (κ3) is 5.89. The second kappa shape index (κ2) is 12.4. The van der Waals surface area contributed by atoms with Gasteiger partial charge in [-0.05, 0) is 80.5 Å². The first kappa shape index (κ1) is 31.5. The highest BCUT2D eigenvalue weighted by atomic mass is 16.4. The van der Waals surface area contributed by atoms with Crippen LogP contribution in [0.15, 0.2) is 59.0 Å². The molecule has 0 atom stereocenters. The Morgan fingerprint density at radius 2 is 1.14 bits per heavy atom. The number of carboxylic acids is 2. The number of aliphatic carboxylic acids is 2. The molecule has 4 rings (SSSR count). The maximum atomic E-state index is 14.2. The van der Waals surface area contributed by atoms with Gasteiger partial charge in [0.1, 0.15) is 0 Å². The minimum Gasteiger partial charge on any atom is -0.481 e. The van der Waals surface area contributed by atoms with Crippen LogP contribution in [-0.2, 0) is 32.0 Å². The van der Waals surface area contributed by atoms with Gasteiger partial charge in [0.25, 0.3) is 11.8 Å². The first-order chi connectivity index (χ1) is 20.8. The largest absolute Gasteiger partial charge is 0.481 e. The van der Waals surface area contributed by atoms with Gasteiger partial charge in [0.05, 0.1) is 17.1 Å². The van der Waals surface area contributed by atoms with E-state index in [9.17, 15) is 34.2 Å². The van der Waals surface area contributed by atoms with Crippen LogP contribution in [0.3, 0.4) is 0 Å². The molecule has 2 aliphatic rings. The van der Waals surface area contributed by atoms with Crippen molar-refractivity contribution in [3.05, 3.63) is 104 Å². The van der Waals surface area contributed by atoms with Crippen molar-refractivity contribution >= 4 is 41.7 Å². The van der Waals surface area contributed by atoms with Crippen LogP contribution < -0.4 is 10.6 Å². The van der Waals surface area contributed by atoms with E-state index in [4.69, 9.17) is 0 Å².